The molecular formula is C18H20BrClN2O2S. The van der Waals surface area contributed by atoms with Crippen LogP contribution < -0.4 is 4.90 Å². The Morgan fingerprint density at radius 1 is 1.00 bits per heavy atom. The molecule has 0 aromatic heterocycles. The number of nitrogens with zero attached hydrogens (tertiary/aromatic N) is 2. The first-order valence-corrected chi connectivity index (χ1v) is 10.7. The lowest BCUT2D eigenvalue weighted by molar-refractivity contribution is 0.385. The van der Waals surface area contributed by atoms with Gasteiger partial charge in [0.15, 0.2) is 0 Å². The third kappa shape index (κ3) is 3.87. The second-order valence-electron chi connectivity index (χ2n) is 6.26. The average Bonchev–Trinajstić information content (AvgIpc) is 2.59. The van der Waals surface area contributed by atoms with Gasteiger partial charge >= 0.3 is 0 Å². The molecular weight excluding hydrogens is 424 g/mol. The molecule has 1 fully saturated rings. The van der Waals surface area contributed by atoms with Crippen LogP contribution >= 0.6 is 27.5 Å². The molecule has 2 aromatic rings. The fourth-order valence-corrected chi connectivity index (χ4v) is 5.39. The Hall–Kier alpha value is -1.08. The minimum Gasteiger partial charge on any atom is -0.369 e. The molecule has 0 aliphatic carbocycles. The van der Waals surface area contributed by atoms with Crippen LogP contribution in [0.15, 0.2) is 45.8 Å². The van der Waals surface area contributed by atoms with Crippen LogP contribution in [0.3, 0.4) is 0 Å². The molecule has 1 saturated heterocycles. The van der Waals surface area contributed by atoms with Crippen molar-refractivity contribution in [2.75, 3.05) is 31.1 Å². The van der Waals surface area contributed by atoms with E-state index in [1.54, 1.807) is 12.1 Å². The van der Waals surface area contributed by atoms with Crippen molar-refractivity contribution in [2.45, 2.75) is 18.7 Å². The Labute approximate surface area is 162 Å². The normalized spacial score (nSPS) is 16.2. The molecule has 25 heavy (non-hydrogen) atoms. The van der Waals surface area contributed by atoms with Gasteiger partial charge in [0.1, 0.15) is 4.90 Å². The number of aryl methyl sites for hydroxylation is 2. The smallest absolute Gasteiger partial charge is 0.244 e. The summed E-state index contributed by atoms with van der Waals surface area (Å²) < 4.78 is 28.3. The van der Waals surface area contributed by atoms with Crippen LogP contribution in [-0.4, -0.2) is 38.9 Å². The summed E-state index contributed by atoms with van der Waals surface area (Å²) in [5.41, 5.74) is 3.19. The van der Waals surface area contributed by atoms with Crippen molar-refractivity contribution in [3.05, 3.63) is 57.0 Å². The molecule has 1 aliphatic heterocycles. The lowest BCUT2D eigenvalue weighted by Gasteiger charge is -2.35. The maximum atomic E-state index is 13.0. The average molecular weight is 444 g/mol. The Morgan fingerprint density at radius 2 is 1.60 bits per heavy atom. The summed E-state index contributed by atoms with van der Waals surface area (Å²) in [6.45, 7) is 6.13. The summed E-state index contributed by atoms with van der Waals surface area (Å²) in [5, 5.41) is 0.249. The number of halogens is 2. The van der Waals surface area contributed by atoms with Gasteiger partial charge in [-0.1, -0.05) is 45.2 Å². The highest BCUT2D eigenvalue weighted by atomic mass is 79.9. The van der Waals surface area contributed by atoms with E-state index in [9.17, 15) is 8.42 Å². The Bertz CT molecular complexity index is 877. The molecule has 0 atom stereocenters. The third-order valence-electron chi connectivity index (χ3n) is 4.47. The Morgan fingerprint density at radius 3 is 2.20 bits per heavy atom. The SMILES string of the molecule is Cc1ccc(N2CCN(S(=O)(=O)c3cc(C)c(Br)cc3Cl)CC2)cc1. The van der Waals surface area contributed by atoms with Crippen molar-refractivity contribution in [1.29, 1.82) is 0 Å². The minimum absolute atomic E-state index is 0.179. The van der Waals surface area contributed by atoms with Gasteiger partial charge in [-0.2, -0.15) is 4.31 Å². The van der Waals surface area contributed by atoms with E-state index in [0.29, 0.717) is 26.2 Å². The molecule has 134 valence electrons. The standard InChI is InChI=1S/C18H20BrClN2O2S/c1-13-3-5-15(6-4-13)21-7-9-22(10-8-21)25(23,24)18-11-14(2)16(19)12-17(18)20/h3-6,11-12H,7-10H2,1-2H3. The van der Waals surface area contributed by atoms with Crippen molar-refractivity contribution in [3.8, 4) is 0 Å². The van der Waals surface area contributed by atoms with E-state index in [1.807, 2.05) is 6.92 Å². The first-order valence-electron chi connectivity index (χ1n) is 8.06. The summed E-state index contributed by atoms with van der Waals surface area (Å²) in [5.74, 6) is 0. The van der Waals surface area contributed by atoms with Crippen LogP contribution in [0, 0.1) is 13.8 Å². The highest BCUT2D eigenvalue weighted by molar-refractivity contribution is 9.10. The summed E-state index contributed by atoms with van der Waals surface area (Å²) >= 11 is 9.58. The van der Waals surface area contributed by atoms with Crippen LogP contribution in [0.2, 0.25) is 5.02 Å². The number of sulfonamides is 1. The summed E-state index contributed by atoms with van der Waals surface area (Å²) in [6, 6.07) is 11.6. The van der Waals surface area contributed by atoms with Gasteiger partial charge < -0.3 is 4.90 Å². The Kier molecular flexibility index (Phi) is 5.44. The molecule has 2 aromatic carbocycles. The maximum Gasteiger partial charge on any atom is 0.244 e. The van der Waals surface area contributed by atoms with E-state index in [0.717, 1.165) is 15.7 Å². The molecule has 0 bridgehead atoms. The monoisotopic (exact) mass is 442 g/mol. The number of rotatable bonds is 3. The van der Waals surface area contributed by atoms with E-state index < -0.39 is 10.0 Å². The second kappa shape index (κ2) is 7.27. The quantitative estimate of drug-likeness (QED) is 0.713. The summed E-state index contributed by atoms with van der Waals surface area (Å²) in [7, 11) is -3.59. The largest absolute Gasteiger partial charge is 0.369 e. The first kappa shape index (κ1) is 18.7. The van der Waals surface area contributed by atoms with Crippen molar-refractivity contribution >= 4 is 43.2 Å². The van der Waals surface area contributed by atoms with Crippen molar-refractivity contribution in [2.24, 2.45) is 0 Å². The van der Waals surface area contributed by atoms with E-state index in [-0.39, 0.29) is 9.92 Å². The fraction of sp³-hybridized carbons (Fsp3) is 0.333. The lowest BCUT2D eigenvalue weighted by atomic mass is 10.2. The van der Waals surface area contributed by atoms with Gasteiger partial charge in [0.05, 0.1) is 5.02 Å². The fourth-order valence-electron chi connectivity index (χ4n) is 2.91. The molecule has 0 radical (unpaired) electrons. The van der Waals surface area contributed by atoms with Crippen LogP contribution in [0.4, 0.5) is 5.69 Å². The van der Waals surface area contributed by atoms with Gasteiger partial charge in [0.25, 0.3) is 0 Å². The number of hydrogen-bond donors (Lipinski definition) is 0. The van der Waals surface area contributed by atoms with E-state index in [2.05, 4.69) is 52.0 Å². The number of hydrogen-bond acceptors (Lipinski definition) is 3. The van der Waals surface area contributed by atoms with Gasteiger partial charge in [-0.15, -0.1) is 0 Å². The van der Waals surface area contributed by atoms with E-state index in [4.69, 9.17) is 11.6 Å². The zero-order valence-electron chi connectivity index (χ0n) is 14.2. The van der Waals surface area contributed by atoms with Gasteiger partial charge in [0, 0.05) is 36.3 Å². The van der Waals surface area contributed by atoms with E-state index >= 15 is 0 Å². The van der Waals surface area contributed by atoms with Crippen molar-refractivity contribution in [3.63, 3.8) is 0 Å². The zero-order chi connectivity index (χ0) is 18.2. The highest BCUT2D eigenvalue weighted by Crippen LogP contribution is 2.31. The molecule has 7 heteroatoms. The molecule has 1 heterocycles. The topological polar surface area (TPSA) is 40.6 Å². The molecule has 0 amide bonds. The molecule has 0 saturated carbocycles. The van der Waals surface area contributed by atoms with Crippen LogP contribution in [-0.2, 0) is 10.0 Å². The molecule has 0 N–H and O–H groups in total. The predicted octanol–water partition coefficient (Wildman–Crippen LogP) is 4.23. The van der Waals surface area contributed by atoms with Gasteiger partial charge in [0.2, 0.25) is 10.0 Å². The lowest BCUT2D eigenvalue weighted by Crippen LogP contribution is -2.48. The molecule has 0 spiro atoms. The predicted molar refractivity (Wildman–Crippen MR) is 106 cm³/mol. The van der Waals surface area contributed by atoms with E-state index in [1.165, 1.54) is 9.87 Å². The van der Waals surface area contributed by atoms with Crippen LogP contribution in [0.25, 0.3) is 0 Å². The summed E-state index contributed by atoms with van der Waals surface area (Å²) in [4.78, 5) is 2.39. The third-order valence-corrected chi connectivity index (χ3v) is 7.69. The highest BCUT2D eigenvalue weighted by Gasteiger charge is 2.30. The number of benzene rings is 2. The van der Waals surface area contributed by atoms with Gasteiger partial charge in [-0.3, -0.25) is 0 Å². The molecule has 0 unspecified atom stereocenters. The molecule has 1 aliphatic rings. The number of anilines is 1. The van der Waals surface area contributed by atoms with Crippen LogP contribution in [0.1, 0.15) is 11.1 Å². The molecule has 4 nitrogen and oxygen atoms in total. The minimum atomic E-state index is -3.59. The molecule has 3 rings (SSSR count). The second-order valence-corrected chi connectivity index (χ2v) is 9.43. The maximum absolute atomic E-state index is 13.0. The van der Waals surface area contributed by atoms with Crippen molar-refractivity contribution in [1.82, 2.24) is 4.31 Å². The van der Waals surface area contributed by atoms with Crippen molar-refractivity contribution < 1.29 is 8.42 Å². The van der Waals surface area contributed by atoms with Crippen LogP contribution in [0.5, 0.6) is 0 Å². The summed E-state index contributed by atoms with van der Waals surface area (Å²) in [6.07, 6.45) is 0. The Balaban J connectivity index is 1.78. The number of piperazine rings is 1. The first-order chi connectivity index (χ1) is 11.8. The van der Waals surface area contributed by atoms with Gasteiger partial charge in [-0.05, 0) is 43.7 Å². The zero-order valence-corrected chi connectivity index (χ0v) is 17.3. The van der Waals surface area contributed by atoms with Gasteiger partial charge in [-0.25, -0.2) is 8.42 Å².